The van der Waals surface area contributed by atoms with E-state index in [4.69, 9.17) is 4.74 Å². The number of rotatable bonds is 2. The Labute approximate surface area is 112 Å². The zero-order chi connectivity index (χ0) is 13.4. The van der Waals surface area contributed by atoms with Crippen molar-refractivity contribution in [2.45, 2.75) is 6.92 Å². The molecule has 3 rings (SSSR count). The van der Waals surface area contributed by atoms with Gasteiger partial charge in [0, 0.05) is 12.8 Å². The fourth-order valence-corrected chi connectivity index (χ4v) is 3.62. The molecule has 3 heteroatoms. The lowest BCUT2D eigenvalue weighted by molar-refractivity contribution is -0.142. The van der Waals surface area contributed by atoms with Crippen molar-refractivity contribution in [1.82, 2.24) is 0 Å². The highest BCUT2D eigenvalue weighted by Gasteiger charge is 2.48. The van der Waals surface area contributed by atoms with Crippen LogP contribution in [0.5, 0.6) is 0 Å². The molecule has 3 aliphatic rings. The first-order valence-electron chi connectivity index (χ1n) is 6.70. The molecule has 0 amide bonds. The molecule has 5 atom stereocenters. The Morgan fingerprint density at radius 2 is 1.84 bits per heavy atom. The fraction of sp³-hybridized carbons (Fsp3) is 0.438. The Morgan fingerprint density at radius 1 is 1.16 bits per heavy atom. The minimum atomic E-state index is -0.272. The highest BCUT2D eigenvalue weighted by molar-refractivity contribution is 5.65. The van der Waals surface area contributed by atoms with Crippen molar-refractivity contribution >= 4 is 5.97 Å². The van der Waals surface area contributed by atoms with Crippen molar-refractivity contribution in [1.29, 1.82) is 0 Å². The quantitative estimate of drug-likeness (QED) is 0.713. The molecule has 1 fully saturated rings. The van der Waals surface area contributed by atoms with Gasteiger partial charge in [-0.15, -0.1) is 0 Å². The summed E-state index contributed by atoms with van der Waals surface area (Å²) in [7, 11) is 0. The predicted molar refractivity (Wildman–Crippen MR) is 70.7 cm³/mol. The van der Waals surface area contributed by atoms with Crippen molar-refractivity contribution in [3.63, 3.8) is 0 Å². The molecular formula is C16H17FO2. The average Bonchev–Trinajstić information content (AvgIpc) is 2.69. The van der Waals surface area contributed by atoms with Crippen LogP contribution in [0.4, 0.5) is 4.39 Å². The van der Waals surface area contributed by atoms with Crippen LogP contribution in [0.2, 0.25) is 0 Å². The smallest absolute Gasteiger partial charge is 0.302 e. The molecule has 0 aromatic carbocycles. The molecule has 0 N–H and O–H groups in total. The van der Waals surface area contributed by atoms with E-state index in [2.05, 4.69) is 18.2 Å². The molecule has 2 nitrogen and oxygen atoms in total. The van der Waals surface area contributed by atoms with Crippen molar-refractivity contribution in [3.8, 4) is 0 Å². The van der Waals surface area contributed by atoms with Gasteiger partial charge in [0.1, 0.15) is 5.83 Å². The monoisotopic (exact) mass is 260 g/mol. The maximum atomic E-state index is 13.5. The van der Waals surface area contributed by atoms with E-state index in [1.165, 1.54) is 6.92 Å². The molecule has 0 aromatic heterocycles. The van der Waals surface area contributed by atoms with E-state index in [-0.39, 0.29) is 23.6 Å². The summed E-state index contributed by atoms with van der Waals surface area (Å²) in [4.78, 5) is 11.0. The Hall–Kier alpha value is -1.64. The maximum absolute atomic E-state index is 13.5. The zero-order valence-corrected chi connectivity index (χ0v) is 10.8. The van der Waals surface area contributed by atoms with Crippen LogP contribution >= 0.6 is 0 Å². The number of ether oxygens (including phenoxy) is 1. The molecule has 0 aliphatic heterocycles. The van der Waals surface area contributed by atoms with Crippen molar-refractivity contribution < 1.29 is 13.9 Å². The largest absolute Gasteiger partial charge is 0.466 e. The van der Waals surface area contributed by atoms with Crippen molar-refractivity contribution in [2.24, 2.45) is 29.6 Å². The number of hydrogen-bond acceptors (Lipinski definition) is 2. The topological polar surface area (TPSA) is 26.3 Å². The van der Waals surface area contributed by atoms with Crippen LogP contribution in [0.15, 0.2) is 48.4 Å². The van der Waals surface area contributed by atoms with Crippen LogP contribution in [0.1, 0.15) is 6.92 Å². The van der Waals surface area contributed by atoms with Gasteiger partial charge in [0.25, 0.3) is 0 Å². The van der Waals surface area contributed by atoms with Crippen LogP contribution in [-0.4, -0.2) is 12.6 Å². The van der Waals surface area contributed by atoms with Crippen molar-refractivity contribution in [2.75, 3.05) is 6.61 Å². The number of allylic oxidation sites excluding steroid dienone is 8. The molecule has 3 aliphatic carbocycles. The van der Waals surface area contributed by atoms with Crippen LogP contribution in [-0.2, 0) is 9.53 Å². The molecule has 5 unspecified atom stereocenters. The van der Waals surface area contributed by atoms with Gasteiger partial charge in [-0.3, -0.25) is 4.79 Å². The molecule has 0 aromatic rings. The summed E-state index contributed by atoms with van der Waals surface area (Å²) in [6.45, 7) is 1.78. The third kappa shape index (κ3) is 2.18. The van der Waals surface area contributed by atoms with E-state index in [9.17, 15) is 9.18 Å². The molecular weight excluding hydrogens is 243 g/mol. The van der Waals surface area contributed by atoms with E-state index >= 15 is 0 Å². The Morgan fingerprint density at radius 3 is 2.58 bits per heavy atom. The lowest BCUT2D eigenvalue weighted by atomic mass is 9.83. The van der Waals surface area contributed by atoms with Crippen LogP contribution in [0.25, 0.3) is 0 Å². The molecule has 0 saturated heterocycles. The first-order chi connectivity index (χ1) is 9.16. The van der Waals surface area contributed by atoms with E-state index in [0.29, 0.717) is 24.4 Å². The van der Waals surface area contributed by atoms with Crippen molar-refractivity contribution in [3.05, 3.63) is 48.4 Å². The first kappa shape index (κ1) is 12.4. The number of carbonyl (C=O) groups excluding carboxylic acids is 1. The Bertz CT molecular complexity index is 501. The lowest BCUT2D eigenvalue weighted by Gasteiger charge is -2.23. The summed E-state index contributed by atoms with van der Waals surface area (Å²) in [5.41, 5.74) is 0. The Balaban J connectivity index is 1.88. The van der Waals surface area contributed by atoms with Gasteiger partial charge in [0.15, 0.2) is 0 Å². The lowest BCUT2D eigenvalue weighted by Crippen LogP contribution is -2.23. The SMILES string of the molecule is CC(=O)OCC1C2C=CC=CC2C2C=CC(F)=CC21. The van der Waals surface area contributed by atoms with Crippen LogP contribution in [0, 0.1) is 29.6 Å². The van der Waals surface area contributed by atoms with E-state index < -0.39 is 0 Å². The number of halogens is 1. The average molecular weight is 260 g/mol. The zero-order valence-electron chi connectivity index (χ0n) is 10.8. The third-order valence-corrected chi connectivity index (χ3v) is 4.41. The summed E-state index contributed by atoms with van der Waals surface area (Å²) in [6, 6.07) is 0. The number of esters is 1. The summed E-state index contributed by atoms with van der Waals surface area (Å²) in [6.07, 6.45) is 13.7. The highest BCUT2D eigenvalue weighted by atomic mass is 19.1. The summed E-state index contributed by atoms with van der Waals surface area (Å²) in [5.74, 6) is 0.850. The maximum Gasteiger partial charge on any atom is 0.302 e. The molecule has 1 saturated carbocycles. The minimum absolute atomic E-state index is 0.117. The Kier molecular flexibility index (Phi) is 3.13. The van der Waals surface area contributed by atoms with E-state index in [1.54, 1.807) is 12.2 Å². The fourth-order valence-electron chi connectivity index (χ4n) is 3.62. The van der Waals surface area contributed by atoms with E-state index in [1.807, 2.05) is 12.2 Å². The second-order valence-electron chi connectivity index (χ2n) is 5.46. The molecule has 0 heterocycles. The first-order valence-corrected chi connectivity index (χ1v) is 6.70. The van der Waals surface area contributed by atoms with Gasteiger partial charge in [0.05, 0.1) is 6.61 Å². The molecule has 19 heavy (non-hydrogen) atoms. The summed E-state index contributed by atoms with van der Waals surface area (Å²) >= 11 is 0. The second kappa shape index (κ2) is 4.80. The van der Waals surface area contributed by atoms with Gasteiger partial charge in [0.2, 0.25) is 0 Å². The van der Waals surface area contributed by atoms with Crippen LogP contribution in [0.3, 0.4) is 0 Å². The normalized spacial score (nSPS) is 38.6. The van der Waals surface area contributed by atoms with Gasteiger partial charge in [-0.2, -0.15) is 0 Å². The standard InChI is InChI=1S/C16H17FO2/c1-10(18)19-9-16-13-5-3-2-4-12(13)14-7-6-11(17)8-15(14)16/h2-8,12-16H,9H2,1H3. The van der Waals surface area contributed by atoms with Gasteiger partial charge in [-0.05, 0) is 35.8 Å². The predicted octanol–water partition coefficient (Wildman–Crippen LogP) is 3.19. The highest BCUT2D eigenvalue weighted by Crippen LogP contribution is 2.51. The number of hydrogen-bond donors (Lipinski definition) is 0. The van der Waals surface area contributed by atoms with Gasteiger partial charge in [-0.25, -0.2) is 4.39 Å². The van der Waals surface area contributed by atoms with Gasteiger partial charge >= 0.3 is 5.97 Å². The molecule has 0 radical (unpaired) electrons. The number of fused-ring (bicyclic) bond motifs is 3. The second-order valence-corrected chi connectivity index (χ2v) is 5.46. The van der Waals surface area contributed by atoms with E-state index in [0.717, 1.165) is 0 Å². The van der Waals surface area contributed by atoms with Gasteiger partial charge < -0.3 is 4.74 Å². The van der Waals surface area contributed by atoms with Gasteiger partial charge in [-0.1, -0.05) is 30.4 Å². The molecule has 0 bridgehead atoms. The summed E-state index contributed by atoms with van der Waals surface area (Å²) in [5, 5.41) is 0. The molecule has 0 spiro atoms. The number of carbonyl (C=O) groups is 1. The minimum Gasteiger partial charge on any atom is -0.466 e. The van der Waals surface area contributed by atoms with Crippen LogP contribution < -0.4 is 0 Å². The molecule has 100 valence electrons. The third-order valence-electron chi connectivity index (χ3n) is 4.41. The summed E-state index contributed by atoms with van der Waals surface area (Å²) < 4.78 is 18.7.